The van der Waals surface area contributed by atoms with Crippen molar-refractivity contribution in [2.45, 2.75) is 58.4 Å². The molecule has 1 fully saturated rings. The molecule has 1 aliphatic carbocycles. The molecule has 0 N–H and O–H groups in total. The normalized spacial score (nSPS) is 16.9. The van der Waals surface area contributed by atoms with Gasteiger partial charge >= 0.3 is 0 Å². The predicted molar refractivity (Wildman–Crippen MR) is 83.5 cm³/mol. The number of hydrogen-bond donors (Lipinski definition) is 0. The highest BCUT2D eigenvalue weighted by molar-refractivity contribution is 5.78. The summed E-state index contributed by atoms with van der Waals surface area (Å²) < 4.78 is 12.9. The molecule has 1 aromatic rings. The van der Waals surface area contributed by atoms with Crippen LogP contribution in [0.2, 0.25) is 0 Å². The number of halogens is 1. The lowest BCUT2D eigenvalue weighted by Gasteiger charge is -2.31. The van der Waals surface area contributed by atoms with Crippen LogP contribution in [0.4, 0.5) is 4.39 Å². The van der Waals surface area contributed by atoms with E-state index >= 15 is 0 Å². The van der Waals surface area contributed by atoms with E-state index in [4.69, 9.17) is 0 Å². The molecule has 0 bridgehead atoms. The SMILES string of the molecule is CCC(C)C(=O)N(CCc1ccc(F)cc1)C1CCCC1. The summed E-state index contributed by atoms with van der Waals surface area (Å²) in [6.07, 6.45) is 6.41. The molecular weight excluding hydrogens is 265 g/mol. The molecule has 1 saturated carbocycles. The van der Waals surface area contributed by atoms with Crippen molar-refractivity contribution in [3.05, 3.63) is 35.6 Å². The monoisotopic (exact) mass is 291 g/mol. The minimum absolute atomic E-state index is 0.0961. The van der Waals surface area contributed by atoms with E-state index in [0.717, 1.165) is 37.8 Å². The first-order valence-electron chi connectivity index (χ1n) is 8.16. The van der Waals surface area contributed by atoms with Crippen LogP contribution < -0.4 is 0 Å². The van der Waals surface area contributed by atoms with Crippen molar-refractivity contribution in [1.29, 1.82) is 0 Å². The van der Waals surface area contributed by atoms with E-state index in [1.165, 1.54) is 25.0 Å². The van der Waals surface area contributed by atoms with Gasteiger partial charge in [0.15, 0.2) is 0 Å². The summed E-state index contributed by atoms with van der Waals surface area (Å²) in [5, 5.41) is 0. The highest BCUT2D eigenvalue weighted by Crippen LogP contribution is 2.25. The van der Waals surface area contributed by atoms with E-state index in [1.807, 2.05) is 19.1 Å². The standard InChI is InChI=1S/C18H26FNO/c1-3-14(2)18(21)20(17-6-4-5-7-17)13-12-15-8-10-16(19)11-9-15/h8-11,14,17H,3-7,12-13H2,1-2H3. The zero-order chi connectivity index (χ0) is 15.2. The molecule has 116 valence electrons. The maximum absolute atomic E-state index is 12.9. The molecule has 0 spiro atoms. The Bertz CT molecular complexity index is 451. The Hall–Kier alpha value is -1.38. The first kappa shape index (κ1) is 16.0. The molecule has 0 saturated heterocycles. The quantitative estimate of drug-likeness (QED) is 0.769. The van der Waals surface area contributed by atoms with Gasteiger partial charge < -0.3 is 4.90 Å². The first-order chi connectivity index (χ1) is 10.1. The predicted octanol–water partition coefficient (Wildman–Crippen LogP) is 4.19. The van der Waals surface area contributed by atoms with Crippen LogP contribution in [0.25, 0.3) is 0 Å². The number of rotatable bonds is 6. The van der Waals surface area contributed by atoms with Gasteiger partial charge in [-0.2, -0.15) is 0 Å². The van der Waals surface area contributed by atoms with E-state index in [2.05, 4.69) is 11.8 Å². The highest BCUT2D eigenvalue weighted by Gasteiger charge is 2.28. The van der Waals surface area contributed by atoms with Crippen LogP contribution in [0.1, 0.15) is 51.5 Å². The minimum atomic E-state index is -0.206. The van der Waals surface area contributed by atoms with Crippen LogP contribution in [0.15, 0.2) is 24.3 Å². The number of amides is 1. The molecular formula is C18H26FNO. The smallest absolute Gasteiger partial charge is 0.225 e. The highest BCUT2D eigenvalue weighted by atomic mass is 19.1. The second-order valence-electron chi connectivity index (χ2n) is 6.16. The Kier molecular flexibility index (Phi) is 5.77. The Morgan fingerprint density at radius 1 is 1.29 bits per heavy atom. The molecule has 0 aromatic heterocycles. The Labute approximate surface area is 127 Å². The van der Waals surface area contributed by atoms with Crippen molar-refractivity contribution in [3.63, 3.8) is 0 Å². The van der Waals surface area contributed by atoms with Crippen molar-refractivity contribution >= 4 is 5.91 Å². The summed E-state index contributed by atoms with van der Waals surface area (Å²) in [4.78, 5) is 14.7. The van der Waals surface area contributed by atoms with Gasteiger partial charge in [-0.1, -0.05) is 38.8 Å². The lowest BCUT2D eigenvalue weighted by molar-refractivity contribution is -0.137. The van der Waals surface area contributed by atoms with Gasteiger partial charge in [-0.3, -0.25) is 4.79 Å². The molecule has 3 heteroatoms. The van der Waals surface area contributed by atoms with Crippen LogP contribution in [-0.4, -0.2) is 23.4 Å². The van der Waals surface area contributed by atoms with Crippen molar-refractivity contribution in [2.75, 3.05) is 6.54 Å². The number of benzene rings is 1. The van der Waals surface area contributed by atoms with Crippen LogP contribution in [0, 0.1) is 11.7 Å². The van der Waals surface area contributed by atoms with Gasteiger partial charge in [0, 0.05) is 18.5 Å². The first-order valence-corrected chi connectivity index (χ1v) is 8.16. The maximum Gasteiger partial charge on any atom is 0.225 e. The molecule has 1 unspecified atom stereocenters. The van der Waals surface area contributed by atoms with Gasteiger partial charge in [0.05, 0.1) is 0 Å². The van der Waals surface area contributed by atoms with Crippen LogP contribution in [0.5, 0.6) is 0 Å². The molecule has 0 radical (unpaired) electrons. The van der Waals surface area contributed by atoms with Gasteiger partial charge in [0.25, 0.3) is 0 Å². The molecule has 1 atom stereocenters. The number of nitrogens with zero attached hydrogens (tertiary/aromatic N) is 1. The molecule has 1 aromatic carbocycles. The molecule has 0 aliphatic heterocycles. The largest absolute Gasteiger partial charge is 0.339 e. The molecule has 0 heterocycles. The Morgan fingerprint density at radius 2 is 1.90 bits per heavy atom. The van der Waals surface area contributed by atoms with Crippen molar-refractivity contribution in [2.24, 2.45) is 5.92 Å². The third-order valence-electron chi connectivity index (χ3n) is 4.64. The van der Waals surface area contributed by atoms with Crippen LogP contribution >= 0.6 is 0 Å². The summed E-state index contributed by atoms with van der Waals surface area (Å²) in [5.74, 6) is 0.174. The molecule has 2 nitrogen and oxygen atoms in total. The number of hydrogen-bond acceptors (Lipinski definition) is 1. The van der Waals surface area contributed by atoms with Crippen molar-refractivity contribution in [1.82, 2.24) is 4.90 Å². The fourth-order valence-electron chi connectivity index (χ4n) is 3.05. The third-order valence-corrected chi connectivity index (χ3v) is 4.64. The van der Waals surface area contributed by atoms with E-state index < -0.39 is 0 Å². The zero-order valence-corrected chi connectivity index (χ0v) is 13.1. The topological polar surface area (TPSA) is 20.3 Å². The molecule has 2 rings (SSSR count). The van der Waals surface area contributed by atoms with Gasteiger partial charge in [-0.05, 0) is 43.4 Å². The number of carbonyl (C=O) groups is 1. The Balaban J connectivity index is 2.01. The van der Waals surface area contributed by atoms with Crippen molar-refractivity contribution in [3.8, 4) is 0 Å². The molecule has 21 heavy (non-hydrogen) atoms. The van der Waals surface area contributed by atoms with E-state index in [0.29, 0.717) is 6.04 Å². The fourth-order valence-corrected chi connectivity index (χ4v) is 3.05. The van der Waals surface area contributed by atoms with E-state index in [9.17, 15) is 9.18 Å². The van der Waals surface area contributed by atoms with E-state index in [-0.39, 0.29) is 17.6 Å². The summed E-state index contributed by atoms with van der Waals surface area (Å²) in [7, 11) is 0. The molecule has 1 aliphatic rings. The van der Waals surface area contributed by atoms with Gasteiger partial charge in [0.1, 0.15) is 5.82 Å². The Morgan fingerprint density at radius 3 is 2.48 bits per heavy atom. The molecule has 1 amide bonds. The fraction of sp³-hybridized carbons (Fsp3) is 0.611. The average Bonchev–Trinajstić information content (AvgIpc) is 3.02. The van der Waals surface area contributed by atoms with Gasteiger partial charge in [0.2, 0.25) is 5.91 Å². The maximum atomic E-state index is 12.9. The zero-order valence-electron chi connectivity index (χ0n) is 13.1. The average molecular weight is 291 g/mol. The van der Waals surface area contributed by atoms with Crippen molar-refractivity contribution < 1.29 is 9.18 Å². The van der Waals surface area contributed by atoms with Gasteiger partial charge in [-0.25, -0.2) is 4.39 Å². The lowest BCUT2D eigenvalue weighted by Crippen LogP contribution is -2.42. The van der Waals surface area contributed by atoms with Crippen LogP contribution in [-0.2, 0) is 11.2 Å². The van der Waals surface area contributed by atoms with Crippen LogP contribution in [0.3, 0.4) is 0 Å². The van der Waals surface area contributed by atoms with E-state index in [1.54, 1.807) is 0 Å². The summed E-state index contributed by atoms with van der Waals surface area (Å²) >= 11 is 0. The summed E-state index contributed by atoms with van der Waals surface area (Å²) in [6.45, 7) is 4.83. The summed E-state index contributed by atoms with van der Waals surface area (Å²) in [6, 6.07) is 7.02. The lowest BCUT2D eigenvalue weighted by atomic mass is 10.0. The minimum Gasteiger partial charge on any atom is -0.339 e. The second kappa shape index (κ2) is 7.58. The second-order valence-corrected chi connectivity index (χ2v) is 6.16. The van der Waals surface area contributed by atoms with Gasteiger partial charge in [-0.15, -0.1) is 0 Å². The third kappa shape index (κ3) is 4.29. The summed E-state index contributed by atoms with van der Waals surface area (Å²) in [5.41, 5.74) is 1.09. The number of carbonyl (C=O) groups excluding carboxylic acids is 1.